The first kappa shape index (κ1) is 14.1. The second kappa shape index (κ2) is 5.30. The number of carbonyl (C=O) groups excluding carboxylic acids is 1. The number of rotatable bonds is 2. The molecular weight excluding hydrogens is 298 g/mol. The van der Waals surface area contributed by atoms with E-state index in [1.54, 1.807) is 0 Å². The number of nitrogens with zero attached hydrogens (tertiary/aromatic N) is 1. The monoisotopic (exact) mass is 317 g/mol. The number of ether oxygens (including phenoxy) is 1. The Morgan fingerprint density at radius 3 is 2.95 bits per heavy atom. The number of aryl methyl sites for hydroxylation is 1. The van der Waals surface area contributed by atoms with Gasteiger partial charge in [-0.3, -0.25) is 4.79 Å². The molecule has 1 aromatic carbocycles. The van der Waals surface area contributed by atoms with E-state index in [1.165, 1.54) is 11.3 Å². The number of hydrogen-bond donors (Lipinski definition) is 2. The molecule has 3 heterocycles. The summed E-state index contributed by atoms with van der Waals surface area (Å²) in [6.07, 6.45) is 1.91. The first-order valence-electron chi connectivity index (χ1n) is 7.66. The van der Waals surface area contributed by atoms with Crippen LogP contribution < -0.4 is 10.6 Å². The van der Waals surface area contributed by atoms with Gasteiger partial charge in [-0.25, -0.2) is 4.98 Å². The van der Waals surface area contributed by atoms with Gasteiger partial charge in [0.15, 0.2) is 5.13 Å². The fourth-order valence-electron chi connectivity index (χ4n) is 3.42. The fourth-order valence-corrected chi connectivity index (χ4v) is 4.37. The molecule has 5 nitrogen and oxygen atoms in total. The molecule has 1 aromatic heterocycles. The molecule has 22 heavy (non-hydrogen) atoms. The van der Waals surface area contributed by atoms with Crippen LogP contribution in [0.15, 0.2) is 18.2 Å². The van der Waals surface area contributed by atoms with E-state index < -0.39 is 0 Å². The molecule has 2 saturated heterocycles. The topological polar surface area (TPSA) is 63.2 Å². The lowest BCUT2D eigenvalue weighted by atomic mass is 9.67. The quantitative estimate of drug-likeness (QED) is 0.892. The van der Waals surface area contributed by atoms with Crippen LogP contribution in [0.4, 0.5) is 5.13 Å². The molecule has 0 radical (unpaired) electrons. The Morgan fingerprint density at radius 2 is 2.27 bits per heavy atom. The number of anilines is 1. The van der Waals surface area contributed by atoms with Crippen molar-refractivity contribution in [1.82, 2.24) is 10.3 Å². The number of benzene rings is 1. The number of amides is 1. The standard InChI is InChI=1S/C16H19N3O2S/c1-10-3-2-4-11-12(10)18-15(22-11)19-14(20)13-16(9-17-13)5-7-21-8-6-16/h2-4,13,17H,5-9H2,1H3,(H,18,19,20). The molecule has 2 aliphatic heterocycles. The van der Waals surface area contributed by atoms with Crippen LogP contribution in [-0.4, -0.2) is 36.7 Å². The summed E-state index contributed by atoms with van der Waals surface area (Å²) in [6, 6.07) is 5.98. The second-order valence-corrected chi connectivity index (χ2v) is 7.25. The van der Waals surface area contributed by atoms with Crippen LogP contribution >= 0.6 is 11.3 Å². The van der Waals surface area contributed by atoms with Crippen molar-refractivity contribution in [2.75, 3.05) is 25.1 Å². The zero-order chi connectivity index (χ0) is 15.2. The van der Waals surface area contributed by atoms with Gasteiger partial charge in [-0.2, -0.15) is 0 Å². The third-order valence-electron chi connectivity index (χ3n) is 4.87. The van der Waals surface area contributed by atoms with Gasteiger partial charge in [0, 0.05) is 25.2 Å². The van der Waals surface area contributed by atoms with Gasteiger partial charge < -0.3 is 15.4 Å². The molecule has 2 aliphatic rings. The summed E-state index contributed by atoms with van der Waals surface area (Å²) < 4.78 is 6.54. The number of fused-ring (bicyclic) bond motifs is 1. The predicted molar refractivity (Wildman–Crippen MR) is 87.3 cm³/mol. The van der Waals surface area contributed by atoms with Crippen LogP contribution in [-0.2, 0) is 9.53 Å². The van der Waals surface area contributed by atoms with Crippen LogP contribution in [0.3, 0.4) is 0 Å². The lowest BCUT2D eigenvalue weighted by Crippen LogP contribution is -2.68. The Balaban J connectivity index is 1.52. The van der Waals surface area contributed by atoms with Crippen molar-refractivity contribution in [3.8, 4) is 0 Å². The summed E-state index contributed by atoms with van der Waals surface area (Å²) in [7, 11) is 0. The molecule has 1 unspecified atom stereocenters. The normalized spacial score (nSPS) is 23.4. The fraction of sp³-hybridized carbons (Fsp3) is 0.500. The number of aromatic nitrogens is 1. The van der Waals surface area contributed by atoms with Crippen molar-refractivity contribution in [2.45, 2.75) is 25.8 Å². The highest BCUT2D eigenvalue weighted by molar-refractivity contribution is 7.22. The lowest BCUT2D eigenvalue weighted by molar-refractivity contribution is -0.130. The van der Waals surface area contributed by atoms with Crippen molar-refractivity contribution >= 4 is 32.6 Å². The maximum absolute atomic E-state index is 12.6. The minimum absolute atomic E-state index is 0.0323. The maximum Gasteiger partial charge on any atom is 0.243 e. The van der Waals surface area contributed by atoms with Crippen LogP contribution in [0, 0.1) is 12.3 Å². The summed E-state index contributed by atoms with van der Waals surface area (Å²) in [5, 5.41) is 6.96. The molecule has 1 amide bonds. The molecule has 0 aliphatic carbocycles. The Labute approximate surface area is 133 Å². The van der Waals surface area contributed by atoms with E-state index in [0.717, 1.165) is 48.4 Å². The van der Waals surface area contributed by atoms with E-state index in [2.05, 4.69) is 15.6 Å². The molecule has 1 atom stereocenters. The molecule has 6 heteroatoms. The van der Waals surface area contributed by atoms with Gasteiger partial charge >= 0.3 is 0 Å². The van der Waals surface area contributed by atoms with Gasteiger partial charge in [0.2, 0.25) is 5.91 Å². The van der Waals surface area contributed by atoms with Crippen LogP contribution in [0.25, 0.3) is 10.2 Å². The van der Waals surface area contributed by atoms with Crippen LogP contribution in [0.1, 0.15) is 18.4 Å². The SMILES string of the molecule is Cc1cccc2sc(NC(=O)C3NCC34CCOCC4)nc12. The molecule has 116 valence electrons. The van der Waals surface area contributed by atoms with Crippen molar-refractivity contribution in [1.29, 1.82) is 0 Å². The van der Waals surface area contributed by atoms with Crippen molar-refractivity contribution < 1.29 is 9.53 Å². The summed E-state index contributed by atoms with van der Waals surface area (Å²) >= 11 is 1.53. The number of para-hydroxylation sites is 1. The molecule has 4 rings (SSSR count). The van der Waals surface area contributed by atoms with Gasteiger partial charge in [-0.1, -0.05) is 23.5 Å². The summed E-state index contributed by atoms with van der Waals surface area (Å²) in [5.74, 6) is 0.0323. The molecular formula is C16H19N3O2S. The average molecular weight is 317 g/mol. The van der Waals surface area contributed by atoms with Gasteiger partial charge in [-0.15, -0.1) is 0 Å². The second-order valence-electron chi connectivity index (χ2n) is 6.22. The van der Waals surface area contributed by atoms with E-state index in [4.69, 9.17) is 4.74 Å². The first-order valence-corrected chi connectivity index (χ1v) is 8.48. The van der Waals surface area contributed by atoms with E-state index in [1.807, 2.05) is 25.1 Å². The Kier molecular flexibility index (Phi) is 3.40. The van der Waals surface area contributed by atoms with Gasteiger partial charge in [0.25, 0.3) is 0 Å². The lowest BCUT2D eigenvalue weighted by Gasteiger charge is -2.51. The minimum atomic E-state index is -0.121. The third-order valence-corrected chi connectivity index (χ3v) is 5.81. The zero-order valence-electron chi connectivity index (χ0n) is 12.5. The first-order chi connectivity index (χ1) is 10.7. The highest BCUT2D eigenvalue weighted by atomic mass is 32.1. The van der Waals surface area contributed by atoms with Gasteiger partial charge in [0.1, 0.15) is 0 Å². The highest BCUT2D eigenvalue weighted by Gasteiger charge is 2.51. The van der Waals surface area contributed by atoms with Crippen LogP contribution in [0.5, 0.6) is 0 Å². The summed E-state index contributed by atoms with van der Waals surface area (Å²) in [5.41, 5.74) is 2.19. The zero-order valence-corrected chi connectivity index (χ0v) is 13.3. The Bertz CT molecular complexity index is 721. The van der Waals surface area contributed by atoms with Crippen molar-refractivity contribution in [2.24, 2.45) is 5.41 Å². The number of carbonyl (C=O) groups is 1. The smallest absolute Gasteiger partial charge is 0.243 e. The summed E-state index contributed by atoms with van der Waals surface area (Å²) in [6.45, 7) is 4.46. The number of hydrogen-bond acceptors (Lipinski definition) is 5. The third kappa shape index (κ3) is 2.22. The molecule has 2 fully saturated rings. The van der Waals surface area contributed by atoms with E-state index in [-0.39, 0.29) is 17.4 Å². The van der Waals surface area contributed by atoms with Gasteiger partial charge in [-0.05, 0) is 31.4 Å². The van der Waals surface area contributed by atoms with E-state index >= 15 is 0 Å². The molecule has 0 bridgehead atoms. The Hall–Kier alpha value is -1.50. The predicted octanol–water partition coefficient (Wildman–Crippen LogP) is 2.31. The average Bonchev–Trinajstić information content (AvgIpc) is 2.91. The van der Waals surface area contributed by atoms with Crippen molar-refractivity contribution in [3.63, 3.8) is 0 Å². The highest BCUT2D eigenvalue weighted by Crippen LogP contribution is 2.40. The van der Waals surface area contributed by atoms with Gasteiger partial charge in [0.05, 0.1) is 16.3 Å². The van der Waals surface area contributed by atoms with Crippen molar-refractivity contribution in [3.05, 3.63) is 23.8 Å². The molecule has 2 N–H and O–H groups in total. The molecule has 0 saturated carbocycles. The largest absolute Gasteiger partial charge is 0.381 e. The maximum atomic E-state index is 12.6. The molecule has 1 spiro atoms. The summed E-state index contributed by atoms with van der Waals surface area (Å²) in [4.78, 5) is 17.1. The number of thiazole rings is 1. The minimum Gasteiger partial charge on any atom is -0.381 e. The Morgan fingerprint density at radius 1 is 1.45 bits per heavy atom. The van der Waals surface area contributed by atoms with Crippen LogP contribution in [0.2, 0.25) is 0 Å². The van der Waals surface area contributed by atoms with E-state index in [0.29, 0.717) is 5.13 Å². The van der Waals surface area contributed by atoms with E-state index in [9.17, 15) is 4.79 Å². The number of nitrogens with one attached hydrogen (secondary N) is 2. The molecule has 2 aromatic rings.